The Bertz CT molecular complexity index is 1060. The lowest BCUT2D eigenvalue weighted by Crippen LogP contribution is -2.21. The maximum Gasteiger partial charge on any atom is 0.251 e. The first-order valence-corrected chi connectivity index (χ1v) is 10.0. The number of ether oxygens (including phenoxy) is 2. The molecule has 1 aliphatic heterocycles. The zero-order chi connectivity index (χ0) is 20.8. The lowest BCUT2D eigenvalue weighted by Gasteiger charge is -2.13. The summed E-state index contributed by atoms with van der Waals surface area (Å²) in [6, 6.07) is 10.2. The molecule has 2 aromatic heterocycles. The second kappa shape index (κ2) is 9.48. The molecule has 1 fully saturated rings. The molecule has 2 N–H and O–H groups in total. The summed E-state index contributed by atoms with van der Waals surface area (Å²) in [4.78, 5) is 13.4. The number of aromatic nitrogens is 3. The van der Waals surface area contributed by atoms with Crippen LogP contribution >= 0.6 is 0 Å². The Hall–Kier alpha value is -3.28. The number of nitriles is 1. The molecule has 0 saturated carbocycles. The summed E-state index contributed by atoms with van der Waals surface area (Å²) in [5, 5.41) is 18.1. The molecule has 1 saturated heterocycles. The van der Waals surface area contributed by atoms with E-state index in [-0.39, 0.29) is 11.8 Å². The van der Waals surface area contributed by atoms with Gasteiger partial charge in [-0.05, 0) is 30.5 Å². The predicted octanol–water partition coefficient (Wildman–Crippen LogP) is 2.29. The van der Waals surface area contributed by atoms with E-state index in [0.717, 1.165) is 53.9 Å². The van der Waals surface area contributed by atoms with E-state index in [9.17, 15) is 5.26 Å². The van der Waals surface area contributed by atoms with Crippen molar-refractivity contribution in [1.82, 2.24) is 20.3 Å². The van der Waals surface area contributed by atoms with E-state index in [4.69, 9.17) is 9.47 Å². The zero-order valence-electron chi connectivity index (χ0n) is 16.9. The van der Waals surface area contributed by atoms with Crippen LogP contribution in [0, 0.1) is 11.3 Å². The van der Waals surface area contributed by atoms with Gasteiger partial charge in [0.1, 0.15) is 12.2 Å². The molecular formula is C22H24N6O2. The highest BCUT2D eigenvalue weighted by molar-refractivity contribution is 5.93. The first-order valence-electron chi connectivity index (χ1n) is 10.0. The zero-order valence-corrected chi connectivity index (χ0v) is 16.9. The summed E-state index contributed by atoms with van der Waals surface area (Å²) in [7, 11) is 1.69. The molecule has 0 unspecified atom stereocenters. The number of benzene rings is 1. The van der Waals surface area contributed by atoms with Crippen LogP contribution in [0.15, 0.2) is 36.7 Å². The lowest BCUT2D eigenvalue weighted by atomic mass is 10.1. The number of rotatable bonds is 8. The maximum absolute atomic E-state index is 9.32. The third-order valence-electron chi connectivity index (χ3n) is 5.00. The average Bonchev–Trinajstić information content (AvgIpc) is 3.27. The van der Waals surface area contributed by atoms with Crippen LogP contribution in [0.3, 0.4) is 0 Å². The highest BCUT2D eigenvalue weighted by Gasteiger charge is 2.19. The Balaban J connectivity index is 1.54. The van der Waals surface area contributed by atoms with Gasteiger partial charge in [-0.2, -0.15) is 5.26 Å². The third kappa shape index (κ3) is 4.64. The van der Waals surface area contributed by atoms with Crippen LogP contribution in [0.4, 0.5) is 5.69 Å². The largest absolute Gasteiger partial charge is 0.471 e. The number of methoxy groups -OCH3 is 1. The molecule has 3 heterocycles. The molecule has 154 valence electrons. The molecule has 0 aliphatic carbocycles. The minimum atomic E-state index is 0.0180. The van der Waals surface area contributed by atoms with Crippen molar-refractivity contribution < 1.29 is 9.47 Å². The van der Waals surface area contributed by atoms with Crippen LogP contribution in [0.5, 0.6) is 5.88 Å². The number of fused-ring (bicyclic) bond motifs is 1. The van der Waals surface area contributed by atoms with Crippen LogP contribution in [0.1, 0.15) is 23.5 Å². The molecule has 3 aromatic rings. The maximum atomic E-state index is 9.32. The smallest absolute Gasteiger partial charge is 0.251 e. The summed E-state index contributed by atoms with van der Waals surface area (Å²) in [6.45, 7) is 3.03. The first-order chi connectivity index (χ1) is 14.8. The lowest BCUT2D eigenvalue weighted by molar-refractivity contribution is 0.211. The van der Waals surface area contributed by atoms with Gasteiger partial charge >= 0.3 is 0 Å². The Labute approximate surface area is 175 Å². The van der Waals surface area contributed by atoms with Crippen molar-refractivity contribution in [2.75, 3.05) is 38.7 Å². The minimum absolute atomic E-state index is 0.0180. The van der Waals surface area contributed by atoms with Crippen LogP contribution in [0.25, 0.3) is 10.8 Å². The molecule has 1 aromatic carbocycles. The van der Waals surface area contributed by atoms with Gasteiger partial charge in [-0.15, -0.1) is 0 Å². The van der Waals surface area contributed by atoms with Crippen molar-refractivity contribution in [3.8, 4) is 11.9 Å². The molecule has 8 nitrogen and oxygen atoms in total. The van der Waals surface area contributed by atoms with Crippen molar-refractivity contribution in [2.24, 2.45) is 0 Å². The number of anilines is 1. The molecule has 0 bridgehead atoms. The highest BCUT2D eigenvalue weighted by atomic mass is 16.5. The van der Waals surface area contributed by atoms with Crippen molar-refractivity contribution >= 4 is 16.5 Å². The molecule has 0 spiro atoms. The molecule has 8 heteroatoms. The number of hydrogen-bond donors (Lipinski definition) is 2. The SMILES string of the molecule is COCCNc1cccc2cc(Cc3cnc(C#N)c(O[C@@H]4CCNC4)n3)ncc12. The molecule has 0 amide bonds. The fourth-order valence-electron chi connectivity index (χ4n) is 3.48. The Morgan fingerprint density at radius 3 is 3.00 bits per heavy atom. The van der Waals surface area contributed by atoms with Gasteiger partial charge in [0.25, 0.3) is 5.88 Å². The molecule has 1 atom stereocenters. The number of hydrogen-bond acceptors (Lipinski definition) is 8. The third-order valence-corrected chi connectivity index (χ3v) is 5.00. The predicted molar refractivity (Wildman–Crippen MR) is 114 cm³/mol. The van der Waals surface area contributed by atoms with Gasteiger partial charge in [-0.3, -0.25) is 4.98 Å². The molecule has 1 aliphatic rings. The van der Waals surface area contributed by atoms with Crippen LogP contribution < -0.4 is 15.4 Å². The summed E-state index contributed by atoms with van der Waals surface area (Å²) >= 11 is 0. The number of nitrogens with zero attached hydrogens (tertiary/aromatic N) is 4. The monoisotopic (exact) mass is 404 g/mol. The highest BCUT2D eigenvalue weighted by Crippen LogP contribution is 2.24. The van der Waals surface area contributed by atoms with Gasteiger partial charge in [0, 0.05) is 49.6 Å². The van der Waals surface area contributed by atoms with Gasteiger partial charge in [-0.1, -0.05) is 12.1 Å². The summed E-state index contributed by atoms with van der Waals surface area (Å²) < 4.78 is 11.0. The van der Waals surface area contributed by atoms with E-state index >= 15 is 0 Å². The van der Waals surface area contributed by atoms with Crippen LogP contribution in [0.2, 0.25) is 0 Å². The van der Waals surface area contributed by atoms with Crippen molar-refractivity contribution in [2.45, 2.75) is 18.9 Å². The van der Waals surface area contributed by atoms with E-state index < -0.39 is 0 Å². The fraction of sp³-hybridized carbons (Fsp3) is 0.364. The second-order valence-electron chi connectivity index (χ2n) is 7.16. The summed E-state index contributed by atoms with van der Waals surface area (Å²) in [5.74, 6) is 0.300. The average molecular weight is 404 g/mol. The normalized spacial score (nSPS) is 15.8. The minimum Gasteiger partial charge on any atom is -0.471 e. The number of nitrogens with one attached hydrogen (secondary N) is 2. The van der Waals surface area contributed by atoms with E-state index in [1.54, 1.807) is 13.3 Å². The molecular weight excluding hydrogens is 380 g/mol. The summed E-state index contributed by atoms with van der Waals surface area (Å²) in [6.07, 6.45) is 4.91. The van der Waals surface area contributed by atoms with E-state index in [2.05, 4.69) is 43.8 Å². The molecule has 30 heavy (non-hydrogen) atoms. The van der Waals surface area contributed by atoms with Crippen LogP contribution in [-0.4, -0.2) is 54.4 Å². The van der Waals surface area contributed by atoms with Gasteiger partial charge in [-0.25, -0.2) is 9.97 Å². The van der Waals surface area contributed by atoms with Crippen LogP contribution in [-0.2, 0) is 11.2 Å². The quantitative estimate of drug-likeness (QED) is 0.551. The van der Waals surface area contributed by atoms with Crippen molar-refractivity contribution in [1.29, 1.82) is 5.26 Å². The second-order valence-corrected chi connectivity index (χ2v) is 7.16. The molecule has 0 radical (unpaired) electrons. The Kier molecular flexibility index (Phi) is 6.32. The van der Waals surface area contributed by atoms with Crippen molar-refractivity contribution in [3.05, 3.63) is 53.7 Å². The number of pyridine rings is 1. The van der Waals surface area contributed by atoms with Crippen molar-refractivity contribution in [3.63, 3.8) is 0 Å². The van der Waals surface area contributed by atoms with E-state index in [0.29, 0.717) is 18.9 Å². The van der Waals surface area contributed by atoms with Gasteiger partial charge in [0.15, 0.2) is 0 Å². The summed E-state index contributed by atoms with van der Waals surface area (Å²) in [5.41, 5.74) is 2.84. The standard InChI is InChI=1S/C22H24N6O2/c1-29-8-7-25-20-4-2-3-15-9-16(26-14-19(15)20)10-17-12-27-21(11-23)22(28-17)30-18-5-6-24-13-18/h2-4,9,12,14,18,24-25H,5-8,10,13H2,1H3/t18-/m1/s1. The van der Waals surface area contributed by atoms with Gasteiger partial charge < -0.3 is 20.1 Å². The Morgan fingerprint density at radius 2 is 2.20 bits per heavy atom. The Morgan fingerprint density at radius 1 is 1.27 bits per heavy atom. The fourth-order valence-corrected chi connectivity index (χ4v) is 3.48. The van der Waals surface area contributed by atoms with Gasteiger partial charge in [0.05, 0.1) is 18.5 Å². The van der Waals surface area contributed by atoms with E-state index in [1.807, 2.05) is 18.3 Å². The van der Waals surface area contributed by atoms with E-state index in [1.165, 1.54) is 0 Å². The first kappa shape index (κ1) is 20.0. The van der Waals surface area contributed by atoms with Gasteiger partial charge in [0.2, 0.25) is 5.69 Å². The molecule has 4 rings (SSSR count). The topological polar surface area (TPSA) is 105 Å².